The Morgan fingerprint density at radius 3 is 2.27 bits per heavy atom. The number of hydrogen-bond acceptors (Lipinski definition) is 2. The van der Waals surface area contributed by atoms with Gasteiger partial charge in [-0.15, -0.1) is 0 Å². The van der Waals surface area contributed by atoms with Gasteiger partial charge in [0.25, 0.3) is 0 Å². The van der Waals surface area contributed by atoms with Crippen LogP contribution in [0.3, 0.4) is 0 Å². The average Bonchev–Trinajstić information content (AvgIpc) is 2.50. The predicted octanol–water partition coefficient (Wildman–Crippen LogP) is 3.61. The first kappa shape index (κ1) is 16.0. The Balaban J connectivity index is 1.97. The lowest BCUT2D eigenvalue weighted by Gasteiger charge is -2.12. The van der Waals surface area contributed by atoms with Crippen molar-refractivity contribution in [1.29, 1.82) is 0 Å². The number of benzene rings is 2. The van der Waals surface area contributed by atoms with Gasteiger partial charge in [0, 0.05) is 17.1 Å². The van der Waals surface area contributed by atoms with E-state index in [1.165, 1.54) is 0 Å². The summed E-state index contributed by atoms with van der Waals surface area (Å²) in [6, 6.07) is 15.9. The standard InChI is InChI=1S/C17H16ClNO3/c18-14-6-8-15(9-7-14)19-16(20)11-13(17(21)22)10-12-4-2-1-3-5-12/h1-9,13H,10-11H2,(H,19,20)(H,21,22). The molecule has 0 spiro atoms. The van der Waals surface area contributed by atoms with Gasteiger partial charge in [0.1, 0.15) is 0 Å². The third-order valence-electron chi connectivity index (χ3n) is 3.23. The molecule has 2 N–H and O–H groups in total. The third kappa shape index (κ3) is 4.90. The minimum atomic E-state index is -0.977. The van der Waals surface area contributed by atoms with Crippen LogP contribution in [0.5, 0.6) is 0 Å². The molecule has 2 rings (SSSR count). The lowest BCUT2D eigenvalue weighted by molar-refractivity contribution is -0.143. The maximum atomic E-state index is 12.0. The van der Waals surface area contributed by atoms with Crippen molar-refractivity contribution in [1.82, 2.24) is 0 Å². The van der Waals surface area contributed by atoms with Crippen molar-refractivity contribution in [2.75, 3.05) is 5.32 Å². The van der Waals surface area contributed by atoms with Crippen LogP contribution in [-0.2, 0) is 16.0 Å². The number of carbonyl (C=O) groups excluding carboxylic acids is 1. The van der Waals surface area contributed by atoms with Crippen LogP contribution >= 0.6 is 11.6 Å². The topological polar surface area (TPSA) is 66.4 Å². The van der Waals surface area contributed by atoms with E-state index in [2.05, 4.69) is 5.32 Å². The zero-order valence-corrected chi connectivity index (χ0v) is 12.6. The minimum Gasteiger partial charge on any atom is -0.481 e. The molecule has 0 aliphatic carbocycles. The summed E-state index contributed by atoms with van der Waals surface area (Å²) in [6.07, 6.45) is 0.247. The van der Waals surface area contributed by atoms with E-state index in [9.17, 15) is 14.7 Å². The van der Waals surface area contributed by atoms with Gasteiger partial charge < -0.3 is 10.4 Å². The second kappa shape index (κ2) is 7.61. The van der Waals surface area contributed by atoms with E-state index < -0.39 is 11.9 Å². The summed E-state index contributed by atoms with van der Waals surface area (Å²) in [4.78, 5) is 23.3. The van der Waals surface area contributed by atoms with Gasteiger partial charge in [-0.25, -0.2) is 0 Å². The molecule has 5 heteroatoms. The van der Waals surface area contributed by atoms with Crippen LogP contribution in [0.1, 0.15) is 12.0 Å². The highest BCUT2D eigenvalue weighted by atomic mass is 35.5. The van der Waals surface area contributed by atoms with Crippen LogP contribution in [-0.4, -0.2) is 17.0 Å². The number of amides is 1. The van der Waals surface area contributed by atoms with Crippen molar-refractivity contribution in [2.24, 2.45) is 5.92 Å². The van der Waals surface area contributed by atoms with Crippen molar-refractivity contribution in [3.63, 3.8) is 0 Å². The minimum absolute atomic E-state index is 0.0765. The van der Waals surface area contributed by atoms with Crippen molar-refractivity contribution in [3.05, 3.63) is 65.2 Å². The molecule has 1 amide bonds. The van der Waals surface area contributed by atoms with Crippen molar-refractivity contribution in [3.8, 4) is 0 Å². The third-order valence-corrected chi connectivity index (χ3v) is 3.49. The zero-order chi connectivity index (χ0) is 15.9. The van der Waals surface area contributed by atoms with E-state index in [0.717, 1.165) is 5.56 Å². The number of rotatable bonds is 6. The van der Waals surface area contributed by atoms with Gasteiger partial charge in [-0.05, 0) is 36.2 Å². The molecule has 22 heavy (non-hydrogen) atoms. The molecule has 0 fully saturated rings. The van der Waals surface area contributed by atoms with Crippen molar-refractivity contribution < 1.29 is 14.7 Å². The number of aliphatic carboxylic acids is 1. The maximum absolute atomic E-state index is 12.0. The van der Waals surface area contributed by atoms with E-state index in [1.54, 1.807) is 24.3 Å². The molecule has 4 nitrogen and oxygen atoms in total. The predicted molar refractivity (Wildman–Crippen MR) is 86.0 cm³/mol. The maximum Gasteiger partial charge on any atom is 0.307 e. The fourth-order valence-corrected chi connectivity index (χ4v) is 2.24. The Kier molecular flexibility index (Phi) is 5.55. The highest BCUT2D eigenvalue weighted by molar-refractivity contribution is 6.30. The fraction of sp³-hybridized carbons (Fsp3) is 0.176. The summed E-state index contributed by atoms with van der Waals surface area (Å²) >= 11 is 5.77. The number of carboxylic acids is 1. The van der Waals surface area contributed by atoms with E-state index in [4.69, 9.17) is 11.6 Å². The average molecular weight is 318 g/mol. The molecule has 1 atom stereocenters. The van der Waals surface area contributed by atoms with E-state index in [1.807, 2.05) is 30.3 Å². The molecular weight excluding hydrogens is 302 g/mol. The number of anilines is 1. The summed E-state index contributed by atoms with van der Waals surface area (Å²) in [5.74, 6) is -2.06. The Hall–Kier alpha value is -2.33. The Morgan fingerprint density at radius 1 is 1.05 bits per heavy atom. The largest absolute Gasteiger partial charge is 0.481 e. The molecule has 0 bridgehead atoms. The van der Waals surface area contributed by atoms with Gasteiger partial charge in [-0.1, -0.05) is 41.9 Å². The summed E-state index contributed by atoms with van der Waals surface area (Å²) in [6.45, 7) is 0. The van der Waals surface area contributed by atoms with Crippen LogP contribution in [0.15, 0.2) is 54.6 Å². The summed E-state index contributed by atoms with van der Waals surface area (Å²) in [5, 5.41) is 12.5. The Labute approximate surface area is 133 Å². The van der Waals surface area contributed by atoms with Gasteiger partial charge in [0.15, 0.2) is 0 Å². The first-order valence-corrected chi connectivity index (χ1v) is 7.24. The Morgan fingerprint density at radius 2 is 1.68 bits per heavy atom. The smallest absolute Gasteiger partial charge is 0.307 e. The Bertz CT molecular complexity index is 641. The molecule has 0 saturated carbocycles. The number of halogens is 1. The second-order valence-corrected chi connectivity index (χ2v) is 5.42. The molecule has 0 saturated heterocycles. The SMILES string of the molecule is O=C(CC(Cc1ccccc1)C(=O)O)Nc1ccc(Cl)cc1. The molecule has 0 aliphatic heterocycles. The lowest BCUT2D eigenvalue weighted by atomic mass is 9.96. The summed E-state index contributed by atoms with van der Waals surface area (Å²) in [5.41, 5.74) is 1.49. The molecule has 114 valence electrons. The van der Waals surface area contributed by atoms with Gasteiger partial charge in [-0.3, -0.25) is 9.59 Å². The normalized spacial score (nSPS) is 11.7. The summed E-state index contributed by atoms with van der Waals surface area (Å²) in [7, 11) is 0. The van der Waals surface area contributed by atoms with Gasteiger partial charge in [-0.2, -0.15) is 0 Å². The van der Waals surface area contributed by atoms with E-state index >= 15 is 0 Å². The van der Waals surface area contributed by atoms with E-state index in [0.29, 0.717) is 17.1 Å². The molecule has 2 aromatic carbocycles. The molecule has 0 heterocycles. The molecule has 1 unspecified atom stereocenters. The van der Waals surface area contributed by atoms with E-state index in [-0.39, 0.29) is 12.3 Å². The second-order valence-electron chi connectivity index (χ2n) is 4.98. The van der Waals surface area contributed by atoms with Gasteiger partial charge in [0.2, 0.25) is 5.91 Å². The number of hydrogen-bond donors (Lipinski definition) is 2. The molecular formula is C17H16ClNO3. The van der Waals surface area contributed by atoms with Gasteiger partial charge >= 0.3 is 5.97 Å². The lowest BCUT2D eigenvalue weighted by Crippen LogP contribution is -2.24. The monoisotopic (exact) mass is 317 g/mol. The zero-order valence-electron chi connectivity index (χ0n) is 11.8. The van der Waals surface area contributed by atoms with Crippen molar-refractivity contribution in [2.45, 2.75) is 12.8 Å². The van der Waals surface area contributed by atoms with Crippen molar-refractivity contribution >= 4 is 29.2 Å². The molecule has 0 radical (unpaired) electrons. The molecule has 2 aromatic rings. The highest BCUT2D eigenvalue weighted by Crippen LogP contribution is 2.16. The number of carbonyl (C=O) groups is 2. The molecule has 0 aliphatic rings. The first-order valence-electron chi connectivity index (χ1n) is 6.87. The highest BCUT2D eigenvalue weighted by Gasteiger charge is 2.21. The van der Waals surface area contributed by atoms with Crippen LogP contribution < -0.4 is 5.32 Å². The molecule has 0 aromatic heterocycles. The van der Waals surface area contributed by atoms with Gasteiger partial charge in [0.05, 0.1) is 5.92 Å². The van der Waals surface area contributed by atoms with Crippen LogP contribution in [0.25, 0.3) is 0 Å². The first-order chi connectivity index (χ1) is 10.5. The number of carboxylic acid groups (broad SMARTS) is 1. The van der Waals surface area contributed by atoms with Crippen LogP contribution in [0, 0.1) is 5.92 Å². The van der Waals surface area contributed by atoms with Crippen LogP contribution in [0.2, 0.25) is 5.02 Å². The summed E-state index contributed by atoms with van der Waals surface area (Å²) < 4.78 is 0. The number of nitrogens with one attached hydrogen (secondary N) is 1. The fourth-order valence-electron chi connectivity index (χ4n) is 2.11. The quantitative estimate of drug-likeness (QED) is 0.855. The van der Waals surface area contributed by atoms with Crippen LogP contribution in [0.4, 0.5) is 5.69 Å².